The van der Waals surface area contributed by atoms with E-state index in [0.717, 1.165) is 17.8 Å². The standard InChI is InChI=1S/C19H16FN3O2S/c1-13-19(12-26(24,25)18-9-5-16(20)6-10-18)14(2)23(22-13)17-7-3-15(11-21)4-8-17/h3-10H,12H2,1-2H3. The van der Waals surface area contributed by atoms with Gasteiger partial charge in [-0.15, -0.1) is 0 Å². The van der Waals surface area contributed by atoms with Crippen LogP contribution in [0.4, 0.5) is 4.39 Å². The molecule has 3 aromatic rings. The van der Waals surface area contributed by atoms with Crippen molar-refractivity contribution in [2.75, 3.05) is 0 Å². The van der Waals surface area contributed by atoms with Crippen LogP contribution in [-0.4, -0.2) is 18.2 Å². The fourth-order valence-electron chi connectivity index (χ4n) is 2.73. The highest BCUT2D eigenvalue weighted by Crippen LogP contribution is 2.23. The Morgan fingerprint density at radius 3 is 2.27 bits per heavy atom. The molecule has 0 aliphatic rings. The molecule has 0 spiro atoms. The number of aromatic nitrogens is 2. The Kier molecular flexibility index (Phi) is 4.62. The summed E-state index contributed by atoms with van der Waals surface area (Å²) in [5.74, 6) is -0.697. The van der Waals surface area contributed by atoms with Gasteiger partial charge in [-0.1, -0.05) is 0 Å². The zero-order valence-electron chi connectivity index (χ0n) is 14.3. The first kappa shape index (κ1) is 17.8. The average molecular weight is 369 g/mol. The van der Waals surface area contributed by atoms with Crippen molar-refractivity contribution in [3.63, 3.8) is 0 Å². The second-order valence-electron chi connectivity index (χ2n) is 5.93. The van der Waals surface area contributed by atoms with Crippen molar-refractivity contribution >= 4 is 9.84 Å². The third kappa shape index (κ3) is 3.37. The van der Waals surface area contributed by atoms with Gasteiger partial charge < -0.3 is 0 Å². The molecule has 0 bridgehead atoms. The summed E-state index contributed by atoms with van der Waals surface area (Å²) >= 11 is 0. The molecular weight excluding hydrogens is 353 g/mol. The number of benzene rings is 2. The Morgan fingerprint density at radius 2 is 1.69 bits per heavy atom. The van der Waals surface area contributed by atoms with Crippen LogP contribution in [-0.2, 0) is 15.6 Å². The van der Waals surface area contributed by atoms with Gasteiger partial charge in [-0.2, -0.15) is 10.4 Å². The summed E-state index contributed by atoms with van der Waals surface area (Å²) < 4.78 is 40.0. The summed E-state index contributed by atoms with van der Waals surface area (Å²) in [5, 5.41) is 13.3. The zero-order valence-corrected chi connectivity index (χ0v) is 15.1. The van der Waals surface area contributed by atoms with Crippen LogP contribution in [0.3, 0.4) is 0 Å². The Balaban J connectivity index is 1.97. The molecule has 7 heteroatoms. The molecule has 0 saturated carbocycles. The van der Waals surface area contributed by atoms with E-state index in [9.17, 15) is 12.8 Å². The molecule has 0 unspecified atom stereocenters. The Labute approximate surface area is 151 Å². The van der Waals surface area contributed by atoms with Gasteiger partial charge in [-0.3, -0.25) is 0 Å². The lowest BCUT2D eigenvalue weighted by Crippen LogP contribution is -2.07. The van der Waals surface area contributed by atoms with E-state index < -0.39 is 15.7 Å². The monoisotopic (exact) mass is 369 g/mol. The first-order valence-corrected chi connectivity index (χ1v) is 9.51. The van der Waals surface area contributed by atoms with Crippen LogP contribution in [0.15, 0.2) is 53.4 Å². The molecular formula is C19H16FN3O2S. The van der Waals surface area contributed by atoms with Crippen molar-refractivity contribution < 1.29 is 12.8 Å². The van der Waals surface area contributed by atoms with Gasteiger partial charge in [0, 0.05) is 11.3 Å². The number of hydrogen-bond donors (Lipinski definition) is 0. The van der Waals surface area contributed by atoms with Crippen LogP contribution in [0.2, 0.25) is 0 Å². The summed E-state index contributed by atoms with van der Waals surface area (Å²) in [5.41, 5.74) is 3.21. The van der Waals surface area contributed by atoms with Crippen LogP contribution in [0.5, 0.6) is 0 Å². The highest BCUT2D eigenvalue weighted by molar-refractivity contribution is 7.90. The summed E-state index contributed by atoms with van der Waals surface area (Å²) in [6.07, 6.45) is 0. The van der Waals surface area contributed by atoms with Crippen molar-refractivity contribution in [1.82, 2.24) is 9.78 Å². The second kappa shape index (κ2) is 6.73. The van der Waals surface area contributed by atoms with E-state index in [1.54, 1.807) is 42.8 Å². The summed E-state index contributed by atoms with van der Waals surface area (Å²) in [6, 6.07) is 13.7. The minimum Gasteiger partial charge on any atom is -0.238 e. The second-order valence-corrected chi connectivity index (χ2v) is 7.92. The minimum atomic E-state index is -3.62. The van der Waals surface area contributed by atoms with Gasteiger partial charge in [0.1, 0.15) is 5.82 Å². The van der Waals surface area contributed by atoms with Crippen molar-refractivity contribution in [3.05, 3.63) is 76.9 Å². The molecule has 0 fully saturated rings. The van der Waals surface area contributed by atoms with E-state index in [2.05, 4.69) is 11.2 Å². The lowest BCUT2D eigenvalue weighted by molar-refractivity contribution is 0.593. The first-order valence-electron chi connectivity index (χ1n) is 7.86. The quantitative estimate of drug-likeness (QED) is 0.660. The lowest BCUT2D eigenvalue weighted by atomic mass is 10.2. The van der Waals surface area contributed by atoms with Crippen molar-refractivity contribution in [1.29, 1.82) is 5.26 Å². The number of hydrogen-bond acceptors (Lipinski definition) is 4. The maximum atomic E-state index is 13.0. The number of aryl methyl sites for hydroxylation is 1. The molecule has 0 radical (unpaired) electrons. The molecule has 3 rings (SSSR count). The molecule has 132 valence electrons. The van der Waals surface area contributed by atoms with Crippen LogP contribution >= 0.6 is 0 Å². The third-order valence-electron chi connectivity index (χ3n) is 4.19. The largest absolute Gasteiger partial charge is 0.238 e. The van der Waals surface area contributed by atoms with Gasteiger partial charge in [-0.25, -0.2) is 17.5 Å². The summed E-state index contributed by atoms with van der Waals surface area (Å²) in [6.45, 7) is 3.55. The van der Waals surface area contributed by atoms with Gasteiger partial charge >= 0.3 is 0 Å². The number of nitrogens with zero attached hydrogens (tertiary/aromatic N) is 3. The molecule has 1 heterocycles. The minimum absolute atomic E-state index is 0.0730. The topological polar surface area (TPSA) is 75.8 Å². The highest BCUT2D eigenvalue weighted by atomic mass is 32.2. The predicted molar refractivity (Wildman–Crippen MR) is 95.0 cm³/mol. The maximum absolute atomic E-state index is 13.0. The highest BCUT2D eigenvalue weighted by Gasteiger charge is 2.21. The van der Waals surface area contributed by atoms with E-state index in [4.69, 9.17) is 5.26 Å². The van der Waals surface area contributed by atoms with E-state index >= 15 is 0 Å². The average Bonchev–Trinajstić information content (AvgIpc) is 2.90. The Bertz CT molecular complexity index is 1090. The smallest absolute Gasteiger partial charge is 0.182 e. The Hall–Kier alpha value is -2.98. The molecule has 0 atom stereocenters. The molecule has 1 aromatic heterocycles. The van der Waals surface area contributed by atoms with Gasteiger partial charge in [0.15, 0.2) is 9.84 Å². The molecule has 0 saturated heterocycles. The molecule has 0 N–H and O–H groups in total. The van der Waals surface area contributed by atoms with Crippen LogP contribution < -0.4 is 0 Å². The molecule has 0 aliphatic carbocycles. The molecule has 5 nitrogen and oxygen atoms in total. The van der Waals surface area contributed by atoms with E-state index in [1.807, 2.05) is 0 Å². The van der Waals surface area contributed by atoms with Crippen LogP contribution in [0, 0.1) is 31.0 Å². The predicted octanol–water partition coefficient (Wildman–Crippen LogP) is 3.47. The SMILES string of the molecule is Cc1nn(-c2ccc(C#N)cc2)c(C)c1CS(=O)(=O)c1ccc(F)cc1. The first-order chi connectivity index (χ1) is 12.3. The van der Waals surface area contributed by atoms with Gasteiger partial charge in [-0.05, 0) is 62.4 Å². The number of rotatable bonds is 4. The fraction of sp³-hybridized carbons (Fsp3) is 0.158. The normalized spacial score (nSPS) is 11.3. The van der Waals surface area contributed by atoms with Crippen molar-refractivity contribution in [3.8, 4) is 11.8 Å². The summed E-state index contributed by atoms with van der Waals surface area (Å²) in [4.78, 5) is 0.0730. The molecule has 26 heavy (non-hydrogen) atoms. The van der Waals surface area contributed by atoms with E-state index in [1.165, 1.54) is 12.1 Å². The number of sulfone groups is 1. The van der Waals surface area contributed by atoms with Crippen LogP contribution in [0.1, 0.15) is 22.5 Å². The number of halogens is 1. The molecule has 0 amide bonds. The van der Waals surface area contributed by atoms with Crippen molar-refractivity contribution in [2.45, 2.75) is 24.5 Å². The van der Waals surface area contributed by atoms with Gasteiger partial charge in [0.2, 0.25) is 0 Å². The molecule has 2 aromatic carbocycles. The maximum Gasteiger partial charge on any atom is 0.182 e. The van der Waals surface area contributed by atoms with Gasteiger partial charge in [0.25, 0.3) is 0 Å². The fourth-order valence-corrected chi connectivity index (χ4v) is 4.24. The lowest BCUT2D eigenvalue weighted by Gasteiger charge is -2.07. The van der Waals surface area contributed by atoms with E-state index in [0.29, 0.717) is 22.5 Å². The third-order valence-corrected chi connectivity index (χ3v) is 5.85. The van der Waals surface area contributed by atoms with Crippen LogP contribution in [0.25, 0.3) is 5.69 Å². The Morgan fingerprint density at radius 1 is 1.08 bits per heavy atom. The van der Waals surface area contributed by atoms with E-state index in [-0.39, 0.29) is 10.6 Å². The molecule has 0 aliphatic heterocycles. The zero-order chi connectivity index (χ0) is 18.9. The van der Waals surface area contributed by atoms with Gasteiger partial charge in [0.05, 0.1) is 33.7 Å². The number of nitriles is 1. The summed E-state index contributed by atoms with van der Waals surface area (Å²) in [7, 11) is -3.62. The van der Waals surface area contributed by atoms with Crippen molar-refractivity contribution in [2.24, 2.45) is 0 Å².